The van der Waals surface area contributed by atoms with Crippen molar-refractivity contribution >= 4 is 10.0 Å². The number of ether oxygens (including phenoxy) is 2. The maximum Gasteiger partial charge on any atom is 0.358 e. The zero-order valence-electron chi connectivity index (χ0n) is 4.35. The van der Waals surface area contributed by atoms with Crippen LogP contribution >= 0.6 is 0 Å². The predicted octanol–water partition coefficient (Wildman–Crippen LogP) is -0.923. The Bertz CT molecular complexity index is 210. The molecule has 0 spiro atoms. The van der Waals surface area contributed by atoms with E-state index in [0.29, 0.717) is 0 Å². The van der Waals surface area contributed by atoms with Gasteiger partial charge in [0.05, 0.1) is 0 Å². The molecule has 1 aliphatic rings. The topological polar surface area (TPSA) is 78.6 Å². The lowest BCUT2D eigenvalue weighted by atomic mass is 11.1. The Hall–Kier alpha value is -0.750. The van der Waals surface area contributed by atoms with Crippen molar-refractivity contribution in [3.63, 3.8) is 0 Å². The van der Waals surface area contributed by atoms with Gasteiger partial charge in [-0.15, -0.1) is 0 Å². The van der Waals surface area contributed by atoms with Crippen molar-refractivity contribution in [3.05, 3.63) is 12.5 Å². The van der Waals surface area contributed by atoms with Gasteiger partial charge in [-0.2, -0.15) is 0 Å². The Kier molecular flexibility index (Phi) is 1.34. The Balaban J connectivity index is 2.68. The second kappa shape index (κ2) is 1.89. The highest BCUT2D eigenvalue weighted by Gasteiger charge is 2.25. The van der Waals surface area contributed by atoms with Gasteiger partial charge in [-0.05, 0) is 0 Å². The van der Waals surface area contributed by atoms with Crippen molar-refractivity contribution in [2.24, 2.45) is 5.14 Å². The molecule has 9 heavy (non-hydrogen) atoms. The van der Waals surface area contributed by atoms with Crippen LogP contribution in [0.4, 0.5) is 0 Å². The molecule has 0 saturated carbocycles. The monoisotopic (exact) mass is 151 g/mol. The molecule has 0 unspecified atom stereocenters. The number of sulfonamides is 1. The number of rotatable bonds is 1. The third kappa shape index (κ3) is 1.33. The average Bonchev–Trinajstić information content (AvgIpc) is 2.08. The van der Waals surface area contributed by atoms with E-state index in [0.717, 1.165) is 12.5 Å². The van der Waals surface area contributed by atoms with Gasteiger partial charge >= 0.3 is 5.62 Å². The Morgan fingerprint density at radius 2 is 1.78 bits per heavy atom. The average molecular weight is 151 g/mol. The van der Waals surface area contributed by atoms with E-state index in [2.05, 4.69) is 14.6 Å². The van der Waals surface area contributed by atoms with Gasteiger partial charge in [0.2, 0.25) is 0 Å². The van der Waals surface area contributed by atoms with Crippen molar-refractivity contribution in [2.75, 3.05) is 0 Å². The van der Waals surface area contributed by atoms with Crippen molar-refractivity contribution in [1.82, 2.24) is 0 Å². The lowest BCUT2D eigenvalue weighted by Crippen LogP contribution is -2.28. The first-order chi connectivity index (χ1) is 4.11. The fourth-order valence-corrected chi connectivity index (χ4v) is 0.817. The molecule has 0 saturated heterocycles. The van der Waals surface area contributed by atoms with E-state index in [9.17, 15) is 8.42 Å². The van der Waals surface area contributed by atoms with Gasteiger partial charge in [0.1, 0.15) is 12.5 Å². The van der Waals surface area contributed by atoms with Crippen LogP contribution in [-0.2, 0) is 19.5 Å². The van der Waals surface area contributed by atoms with Crippen molar-refractivity contribution in [1.29, 1.82) is 0 Å². The fraction of sp³-hybridized carbons (Fsp3) is 0.333. The van der Waals surface area contributed by atoms with E-state index >= 15 is 0 Å². The normalized spacial score (nSPS) is 19.2. The maximum absolute atomic E-state index is 10.3. The number of hydrogen-bond donors (Lipinski definition) is 1. The van der Waals surface area contributed by atoms with E-state index in [1.807, 2.05) is 0 Å². The molecule has 0 radical (unpaired) electrons. The molecule has 6 heteroatoms. The van der Waals surface area contributed by atoms with Crippen molar-refractivity contribution in [3.8, 4) is 0 Å². The van der Waals surface area contributed by atoms with Gasteiger partial charge in [0.25, 0.3) is 10.0 Å². The van der Waals surface area contributed by atoms with Crippen LogP contribution in [-0.4, -0.2) is 14.0 Å². The first-order valence-corrected chi connectivity index (χ1v) is 3.69. The molecule has 0 fully saturated rings. The molecular weight excluding hydrogens is 146 g/mol. The molecule has 0 aromatic rings. The van der Waals surface area contributed by atoms with Crippen LogP contribution in [0, 0.1) is 0 Å². The molecule has 0 bridgehead atoms. The van der Waals surface area contributed by atoms with Gasteiger partial charge in [0.15, 0.2) is 0 Å². The largest absolute Gasteiger partial charge is 0.446 e. The molecule has 0 aromatic carbocycles. The summed E-state index contributed by atoms with van der Waals surface area (Å²) < 4.78 is 29.4. The van der Waals surface area contributed by atoms with E-state index in [1.165, 1.54) is 0 Å². The highest BCUT2D eigenvalue weighted by molar-refractivity contribution is 7.89. The molecule has 0 amide bonds. The Labute approximate surface area is 52.1 Å². The second-order valence-electron chi connectivity index (χ2n) is 1.42. The van der Waals surface area contributed by atoms with E-state index in [4.69, 9.17) is 0 Å². The molecule has 1 rings (SSSR count). The molecule has 1 aliphatic heterocycles. The van der Waals surface area contributed by atoms with Crippen LogP contribution in [0.3, 0.4) is 0 Å². The summed E-state index contributed by atoms with van der Waals surface area (Å²) in [6.07, 6.45) is 2.24. The van der Waals surface area contributed by atoms with Crippen molar-refractivity contribution < 1.29 is 17.9 Å². The SMILES string of the molecule is NS(=O)(=O)C1OC=CO1. The van der Waals surface area contributed by atoms with Gasteiger partial charge in [-0.25, -0.2) is 13.6 Å². The van der Waals surface area contributed by atoms with E-state index < -0.39 is 15.6 Å². The lowest BCUT2D eigenvalue weighted by Gasteiger charge is -2.04. The summed E-state index contributed by atoms with van der Waals surface area (Å²) >= 11 is 0. The highest BCUT2D eigenvalue weighted by Crippen LogP contribution is 2.07. The standard InChI is InChI=1S/C3H5NO4S/c4-9(5,6)3-7-1-2-8-3/h1-3H,(H2,4,5,6). The molecule has 0 aromatic heterocycles. The number of primary sulfonamides is 1. The summed E-state index contributed by atoms with van der Waals surface area (Å²) in [6.45, 7) is 0. The Morgan fingerprint density at radius 3 is 2.00 bits per heavy atom. The van der Waals surface area contributed by atoms with Crippen LogP contribution in [0.2, 0.25) is 0 Å². The Morgan fingerprint density at radius 1 is 1.33 bits per heavy atom. The van der Waals surface area contributed by atoms with E-state index in [-0.39, 0.29) is 0 Å². The summed E-state index contributed by atoms with van der Waals surface area (Å²) in [6, 6.07) is 0. The minimum Gasteiger partial charge on any atom is -0.446 e. The molecule has 52 valence electrons. The number of hydrogen-bond acceptors (Lipinski definition) is 4. The first-order valence-electron chi connectivity index (χ1n) is 2.08. The zero-order valence-corrected chi connectivity index (χ0v) is 5.17. The van der Waals surface area contributed by atoms with Gasteiger partial charge in [-0.1, -0.05) is 0 Å². The summed E-state index contributed by atoms with van der Waals surface area (Å²) in [5, 5.41) is 4.62. The fourth-order valence-electron chi connectivity index (χ4n) is 0.379. The summed E-state index contributed by atoms with van der Waals surface area (Å²) in [4.78, 5) is 0. The van der Waals surface area contributed by atoms with Crippen LogP contribution in [0.1, 0.15) is 0 Å². The molecule has 1 heterocycles. The summed E-state index contributed by atoms with van der Waals surface area (Å²) in [7, 11) is -3.71. The quantitative estimate of drug-likeness (QED) is 0.525. The molecule has 5 nitrogen and oxygen atoms in total. The van der Waals surface area contributed by atoms with Gasteiger partial charge in [0, 0.05) is 0 Å². The van der Waals surface area contributed by atoms with Crippen LogP contribution in [0.5, 0.6) is 0 Å². The van der Waals surface area contributed by atoms with Crippen LogP contribution < -0.4 is 5.14 Å². The van der Waals surface area contributed by atoms with Gasteiger partial charge in [-0.3, -0.25) is 0 Å². The first kappa shape index (κ1) is 6.37. The minimum absolute atomic E-state index is 1.12. The third-order valence-corrected chi connectivity index (χ3v) is 1.46. The highest BCUT2D eigenvalue weighted by atomic mass is 32.2. The molecule has 0 atom stereocenters. The zero-order chi connectivity index (χ0) is 6.91. The maximum atomic E-state index is 10.3. The van der Waals surface area contributed by atoms with Crippen LogP contribution in [0.15, 0.2) is 12.5 Å². The minimum atomic E-state index is -3.71. The number of nitrogens with two attached hydrogens (primary N) is 1. The molecule has 2 N–H and O–H groups in total. The van der Waals surface area contributed by atoms with Gasteiger partial charge < -0.3 is 9.47 Å². The second-order valence-corrected chi connectivity index (χ2v) is 2.98. The van der Waals surface area contributed by atoms with E-state index in [1.54, 1.807) is 0 Å². The van der Waals surface area contributed by atoms with Crippen LogP contribution in [0.25, 0.3) is 0 Å². The lowest BCUT2D eigenvalue weighted by molar-refractivity contribution is 0.0470. The summed E-state index contributed by atoms with van der Waals surface area (Å²) in [5.41, 5.74) is -1.35. The smallest absolute Gasteiger partial charge is 0.358 e. The summed E-state index contributed by atoms with van der Waals surface area (Å²) in [5.74, 6) is 0. The molecule has 0 aliphatic carbocycles. The predicted molar refractivity (Wildman–Crippen MR) is 28.2 cm³/mol. The third-order valence-electron chi connectivity index (χ3n) is 0.703. The van der Waals surface area contributed by atoms with Crippen molar-refractivity contribution in [2.45, 2.75) is 5.62 Å². The molecular formula is C3H5NO4S.